The number of carbonyl (C=O) groups is 2. The second-order valence-electron chi connectivity index (χ2n) is 12.0. The van der Waals surface area contributed by atoms with E-state index in [4.69, 9.17) is 19.0 Å². The van der Waals surface area contributed by atoms with Crippen LogP contribution in [-0.4, -0.2) is 45.2 Å². The summed E-state index contributed by atoms with van der Waals surface area (Å²) in [5.74, 6) is 1.33. The molecule has 4 heterocycles. The minimum atomic E-state index is -0.529. The number of ether oxygens (including phenoxy) is 2. The summed E-state index contributed by atoms with van der Waals surface area (Å²) in [5, 5.41) is 5.97. The lowest BCUT2D eigenvalue weighted by molar-refractivity contribution is -0.142. The van der Waals surface area contributed by atoms with Crippen molar-refractivity contribution in [1.29, 1.82) is 0 Å². The van der Waals surface area contributed by atoms with Crippen LogP contribution < -0.4 is 4.74 Å². The Balaban J connectivity index is 1.45. The highest BCUT2D eigenvalue weighted by molar-refractivity contribution is 5.94. The number of aromatic amines is 1. The molecular formula is C34H36N4O5. The van der Waals surface area contributed by atoms with Gasteiger partial charge in [0.05, 0.1) is 25.0 Å². The molecule has 0 radical (unpaired) electrons. The quantitative estimate of drug-likeness (QED) is 0.231. The second kappa shape index (κ2) is 11.1. The van der Waals surface area contributed by atoms with Gasteiger partial charge in [-0.3, -0.25) is 14.3 Å². The molecule has 0 spiro atoms. The fraction of sp³-hybridized carbons (Fsp3) is 0.324. The van der Waals surface area contributed by atoms with Crippen molar-refractivity contribution >= 4 is 22.8 Å². The molecule has 0 fully saturated rings. The fourth-order valence-electron chi connectivity index (χ4n) is 5.68. The molecule has 6 rings (SSSR count). The number of fused-ring (bicyclic) bond motifs is 3. The van der Waals surface area contributed by atoms with E-state index in [1.54, 1.807) is 13.2 Å². The van der Waals surface area contributed by atoms with Crippen molar-refractivity contribution in [3.63, 3.8) is 0 Å². The van der Waals surface area contributed by atoms with Crippen LogP contribution >= 0.6 is 0 Å². The summed E-state index contributed by atoms with van der Waals surface area (Å²) >= 11 is 0. The Morgan fingerprint density at radius 1 is 1.07 bits per heavy atom. The van der Waals surface area contributed by atoms with E-state index < -0.39 is 6.04 Å². The molecule has 0 saturated heterocycles. The number of carbonyl (C=O) groups excluding carboxylic acids is 2. The van der Waals surface area contributed by atoms with Crippen LogP contribution in [0.15, 0.2) is 71.1 Å². The van der Waals surface area contributed by atoms with Crippen molar-refractivity contribution in [2.75, 3.05) is 13.7 Å². The number of nitrogens with one attached hydrogen (secondary N) is 1. The molecule has 1 atom stereocenters. The topological polar surface area (TPSA) is 103 Å². The van der Waals surface area contributed by atoms with Gasteiger partial charge in [0.15, 0.2) is 0 Å². The lowest BCUT2D eigenvalue weighted by Gasteiger charge is -2.34. The molecule has 1 aliphatic heterocycles. The first-order valence-corrected chi connectivity index (χ1v) is 14.5. The third-order valence-corrected chi connectivity index (χ3v) is 7.91. The molecule has 9 heteroatoms. The van der Waals surface area contributed by atoms with Crippen molar-refractivity contribution in [3.05, 3.63) is 106 Å². The number of rotatable bonds is 7. The van der Waals surface area contributed by atoms with Gasteiger partial charge in [-0.2, -0.15) is 5.10 Å². The molecule has 2 aromatic carbocycles. The van der Waals surface area contributed by atoms with Gasteiger partial charge in [0.2, 0.25) is 0 Å². The molecule has 0 saturated carbocycles. The third-order valence-electron chi connectivity index (χ3n) is 7.91. The van der Waals surface area contributed by atoms with Gasteiger partial charge < -0.3 is 23.8 Å². The maximum atomic E-state index is 14.6. The second-order valence-corrected chi connectivity index (χ2v) is 12.0. The molecule has 5 aromatic rings. The maximum absolute atomic E-state index is 14.6. The number of aromatic nitrogens is 3. The van der Waals surface area contributed by atoms with E-state index in [-0.39, 0.29) is 23.9 Å². The van der Waals surface area contributed by atoms with E-state index in [9.17, 15) is 9.59 Å². The van der Waals surface area contributed by atoms with Crippen LogP contribution in [0.2, 0.25) is 0 Å². The molecule has 43 heavy (non-hydrogen) atoms. The average Bonchev–Trinajstić information content (AvgIpc) is 3.72. The first kappa shape index (κ1) is 28.3. The molecular weight excluding hydrogens is 544 g/mol. The molecule has 0 bridgehead atoms. The predicted molar refractivity (Wildman–Crippen MR) is 162 cm³/mol. The molecule has 1 N–H and O–H groups in total. The van der Waals surface area contributed by atoms with Crippen molar-refractivity contribution in [2.45, 2.75) is 58.7 Å². The Hall–Kier alpha value is -4.79. The number of H-pyrrole nitrogens is 1. The van der Waals surface area contributed by atoms with Gasteiger partial charge in [-0.05, 0) is 53.9 Å². The van der Waals surface area contributed by atoms with E-state index in [0.717, 1.165) is 39.2 Å². The highest BCUT2D eigenvalue weighted by Gasteiger charge is 2.38. The lowest BCUT2D eigenvalue weighted by atomic mass is 9.92. The Morgan fingerprint density at radius 3 is 2.58 bits per heavy atom. The zero-order valence-corrected chi connectivity index (χ0v) is 25.1. The maximum Gasteiger partial charge on any atom is 0.303 e. The number of furan rings is 1. The van der Waals surface area contributed by atoms with Crippen LogP contribution in [0, 0.1) is 0 Å². The number of benzene rings is 2. The minimum Gasteiger partial charge on any atom is -0.497 e. The standard InChI is InChI=1S/C34H36N4O5/c1-21(39)42-20-24-12-14-29(43-24)32-31-25(26-17-23(41-5)11-13-27(26)35-31)15-16-37(32)33(40)28-18-30(34(2,3)4)36-38(28)19-22-9-7-6-8-10-22/h6-14,17-18,32,35H,15-16,19-20H2,1-5H3. The Kier molecular flexibility index (Phi) is 7.33. The smallest absolute Gasteiger partial charge is 0.303 e. The van der Waals surface area contributed by atoms with Crippen LogP contribution in [-0.2, 0) is 34.5 Å². The van der Waals surface area contributed by atoms with Gasteiger partial charge in [0.1, 0.15) is 35.6 Å². The van der Waals surface area contributed by atoms with Crippen LogP contribution in [0.25, 0.3) is 10.9 Å². The molecule has 222 valence electrons. The zero-order chi connectivity index (χ0) is 30.3. The number of nitrogens with zero attached hydrogens (tertiary/aromatic N) is 3. The largest absolute Gasteiger partial charge is 0.497 e. The van der Waals surface area contributed by atoms with E-state index in [0.29, 0.717) is 36.7 Å². The summed E-state index contributed by atoms with van der Waals surface area (Å²) < 4.78 is 18.7. The highest BCUT2D eigenvalue weighted by Crippen LogP contribution is 2.41. The summed E-state index contributed by atoms with van der Waals surface area (Å²) in [6.45, 7) is 8.62. The van der Waals surface area contributed by atoms with Gasteiger partial charge in [-0.15, -0.1) is 0 Å². The van der Waals surface area contributed by atoms with Crippen molar-refractivity contribution in [2.24, 2.45) is 0 Å². The van der Waals surface area contributed by atoms with Gasteiger partial charge in [0.25, 0.3) is 5.91 Å². The summed E-state index contributed by atoms with van der Waals surface area (Å²) in [7, 11) is 1.65. The normalized spacial score (nSPS) is 15.0. The van der Waals surface area contributed by atoms with E-state index >= 15 is 0 Å². The zero-order valence-electron chi connectivity index (χ0n) is 25.1. The van der Waals surface area contributed by atoms with Crippen LogP contribution in [0.4, 0.5) is 0 Å². The van der Waals surface area contributed by atoms with Crippen molar-refractivity contribution in [1.82, 2.24) is 19.7 Å². The van der Waals surface area contributed by atoms with E-state index in [2.05, 4.69) is 25.8 Å². The van der Waals surface area contributed by atoms with Crippen LogP contribution in [0.5, 0.6) is 5.75 Å². The SMILES string of the molecule is COc1ccc2[nH]c3c(c2c1)CCN(C(=O)c1cc(C(C)(C)C)nn1Cc1ccccc1)C3c1ccc(COC(C)=O)o1. The van der Waals surface area contributed by atoms with Crippen molar-refractivity contribution in [3.8, 4) is 5.75 Å². The lowest BCUT2D eigenvalue weighted by Crippen LogP contribution is -2.41. The Morgan fingerprint density at radius 2 is 1.86 bits per heavy atom. The summed E-state index contributed by atoms with van der Waals surface area (Å²) in [6.07, 6.45) is 0.657. The fourth-order valence-corrected chi connectivity index (χ4v) is 5.68. The molecule has 3 aromatic heterocycles. The predicted octanol–water partition coefficient (Wildman–Crippen LogP) is 6.16. The molecule has 1 aliphatic rings. The number of hydrogen-bond acceptors (Lipinski definition) is 6. The number of amides is 1. The minimum absolute atomic E-state index is 0.0194. The summed E-state index contributed by atoms with van der Waals surface area (Å²) in [6, 6.07) is 21.0. The van der Waals surface area contributed by atoms with Gasteiger partial charge >= 0.3 is 5.97 Å². The van der Waals surface area contributed by atoms with Crippen LogP contribution in [0.1, 0.15) is 78.3 Å². The first-order chi connectivity index (χ1) is 20.6. The van der Waals surface area contributed by atoms with Gasteiger partial charge in [-0.1, -0.05) is 51.1 Å². The number of methoxy groups -OCH3 is 1. The Labute approximate surface area is 250 Å². The highest BCUT2D eigenvalue weighted by atomic mass is 16.5. The first-order valence-electron chi connectivity index (χ1n) is 14.5. The summed E-state index contributed by atoms with van der Waals surface area (Å²) in [5.41, 5.74) is 5.15. The monoisotopic (exact) mass is 580 g/mol. The Bertz CT molecular complexity index is 1790. The number of esters is 1. The summed E-state index contributed by atoms with van der Waals surface area (Å²) in [4.78, 5) is 31.5. The van der Waals surface area contributed by atoms with Crippen LogP contribution in [0.3, 0.4) is 0 Å². The number of hydrogen-bond donors (Lipinski definition) is 1. The third kappa shape index (κ3) is 5.55. The average molecular weight is 581 g/mol. The van der Waals surface area contributed by atoms with Gasteiger partial charge in [-0.25, -0.2) is 0 Å². The molecule has 1 unspecified atom stereocenters. The van der Waals surface area contributed by atoms with Crippen molar-refractivity contribution < 1.29 is 23.5 Å². The molecule has 9 nitrogen and oxygen atoms in total. The molecule has 0 aliphatic carbocycles. The van der Waals surface area contributed by atoms with E-state index in [1.807, 2.05) is 70.2 Å². The van der Waals surface area contributed by atoms with E-state index in [1.165, 1.54) is 6.92 Å². The molecule has 1 amide bonds. The van der Waals surface area contributed by atoms with Gasteiger partial charge in [0, 0.05) is 29.8 Å².